The maximum absolute atomic E-state index is 6.32. The molecule has 0 aliphatic rings. The molecule has 0 aromatic heterocycles. The van der Waals surface area contributed by atoms with Crippen LogP contribution in [-0.2, 0) is 12.8 Å². The average Bonchev–Trinajstić information content (AvgIpc) is 2.45. The van der Waals surface area contributed by atoms with Gasteiger partial charge in [0.15, 0.2) is 0 Å². The fourth-order valence-corrected chi connectivity index (χ4v) is 2.34. The van der Waals surface area contributed by atoms with Crippen molar-refractivity contribution in [2.24, 2.45) is 5.73 Å². The summed E-state index contributed by atoms with van der Waals surface area (Å²) in [6.07, 6.45) is 3.09. The number of benzene rings is 2. The van der Waals surface area contributed by atoms with E-state index in [4.69, 9.17) is 5.73 Å². The van der Waals surface area contributed by atoms with Gasteiger partial charge in [0.1, 0.15) is 0 Å². The van der Waals surface area contributed by atoms with Crippen molar-refractivity contribution in [1.82, 2.24) is 0 Å². The Morgan fingerprint density at radius 3 is 2.33 bits per heavy atom. The van der Waals surface area contributed by atoms with Crippen LogP contribution in [0.1, 0.15) is 36.1 Å². The minimum atomic E-state index is 0.140. The smallest absolute Gasteiger partial charge is 0.0300 e. The van der Waals surface area contributed by atoms with Crippen molar-refractivity contribution in [2.75, 3.05) is 0 Å². The quantitative estimate of drug-likeness (QED) is 0.842. The second-order valence-electron chi connectivity index (χ2n) is 4.68. The summed E-state index contributed by atoms with van der Waals surface area (Å²) in [6, 6.07) is 19.2. The Balaban J connectivity index is 2.01. The summed E-state index contributed by atoms with van der Waals surface area (Å²) < 4.78 is 0. The van der Waals surface area contributed by atoms with Crippen LogP contribution in [0.4, 0.5) is 0 Å². The molecule has 0 aliphatic carbocycles. The lowest BCUT2D eigenvalue weighted by molar-refractivity contribution is 0.645. The van der Waals surface area contributed by atoms with Gasteiger partial charge in [0, 0.05) is 6.04 Å². The van der Waals surface area contributed by atoms with Crippen molar-refractivity contribution < 1.29 is 0 Å². The molecule has 0 saturated carbocycles. The molecule has 2 N–H and O–H groups in total. The molecule has 0 spiro atoms. The van der Waals surface area contributed by atoms with Gasteiger partial charge in [-0.2, -0.15) is 0 Å². The van der Waals surface area contributed by atoms with Gasteiger partial charge in [-0.1, -0.05) is 61.5 Å². The number of rotatable bonds is 5. The fourth-order valence-electron chi connectivity index (χ4n) is 2.34. The molecule has 0 bridgehead atoms. The summed E-state index contributed by atoms with van der Waals surface area (Å²) in [5.41, 5.74) is 10.4. The molecule has 18 heavy (non-hydrogen) atoms. The minimum absolute atomic E-state index is 0.140. The van der Waals surface area contributed by atoms with E-state index in [9.17, 15) is 0 Å². The largest absolute Gasteiger partial charge is 0.324 e. The standard InChI is InChI=1S/C17H21N/c1-2-15-10-6-7-11-16(15)17(18)13-12-14-8-4-3-5-9-14/h3-11,17H,2,12-13,18H2,1H3. The lowest BCUT2D eigenvalue weighted by Crippen LogP contribution is -2.13. The normalized spacial score (nSPS) is 12.3. The molecule has 2 aromatic rings. The second-order valence-corrected chi connectivity index (χ2v) is 4.68. The lowest BCUT2D eigenvalue weighted by Gasteiger charge is -2.15. The SMILES string of the molecule is CCc1ccccc1C(N)CCc1ccccc1. The van der Waals surface area contributed by atoms with E-state index in [1.165, 1.54) is 16.7 Å². The van der Waals surface area contributed by atoms with Crippen LogP contribution in [0.25, 0.3) is 0 Å². The molecule has 1 heteroatoms. The Labute approximate surface area is 110 Å². The number of nitrogens with two attached hydrogens (primary N) is 1. The first kappa shape index (κ1) is 12.8. The van der Waals surface area contributed by atoms with E-state index in [0.29, 0.717) is 0 Å². The van der Waals surface area contributed by atoms with Gasteiger partial charge in [-0.3, -0.25) is 0 Å². The van der Waals surface area contributed by atoms with Crippen molar-refractivity contribution in [3.63, 3.8) is 0 Å². The third-order valence-electron chi connectivity index (χ3n) is 3.42. The number of hydrogen-bond donors (Lipinski definition) is 1. The monoisotopic (exact) mass is 239 g/mol. The van der Waals surface area contributed by atoms with E-state index >= 15 is 0 Å². The highest BCUT2D eigenvalue weighted by molar-refractivity contribution is 5.30. The zero-order valence-electron chi connectivity index (χ0n) is 11.0. The van der Waals surface area contributed by atoms with Crippen molar-refractivity contribution >= 4 is 0 Å². The minimum Gasteiger partial charge on any atom is -0.324 e. The zero-order valence-corrected chi connectivity index (χ0v) is 11.0. The molecule has 94 valence electrons. The van der Waals surface area contributed by atoms with E-state index in [1.54, 1.807) is 0 Å². The molecule has 0 saturated heterocycles. The van der Waals surface area contributed by atoms with Crippen molar-refractivity contribution in [3.05, 3.63) is 71.3 Å². The van der Waals surface area contributed by atoms with Gasteiger partial charge in [0.25, 0.3) is 0 Å². The summed E-state index contributed by atoms with van der Waals surface area (Å²) in [5, 5.41) is 0. The van der Waals surface area contributed by atoms with Crippen LogP contribution in [0.15, 0.2) is 54.6 Å². The molecule has 1 nitrogen and oxygen atoms in total. The third kappa shape index (κ3) is 3.21. The number of hydrogen-bond acceptors (Lipinski definition) is 1. The van der Waals surface area contributed by atoms with Gasteiger partial charge in [0.05, 0.1) is 0 Å². The first-order valence-electron chi connectivity index (χ1n) is 6.68. The summed E-state index contributed by atoms with van der Waals surface area (Å²) >= 11 is 0. The second kappa shape index (κ2) is 6.36. The van der Waals surface area contributed by atoms with E-state index in [1.807, 2.05) is 0 Å². The zero-order chi connectivity index (χ0) is 12.8. The van der Waals surface area contributed by atoms with Gasteiger partial charge < -0.3 is 5.73 Å². The van der Waals surface area contributed by atoms with Crippen LogP contribution in [0.2, 0.25) is 0 Å². The molecule has 1 atom stereocenters. The van der Waals surface area contributed by atoms with Crippen LogP contribution in [0, 0.1) is 0 Å². The molecule has 0 amide bonds. The molecular formula is C17H21N. The van der Waals surface area contributed by atoms with Crippen molar-refractivity contribution in [2.45, 2.75) is 32.2 Å². The van der Waals surface area contributed by atoms with E-state index < -0.39 is 0 Å². The molecule has 1 unspecified atom stereocenters. The summed E-state index contributed by atoms with van der Waals surface area (Å²) in [5.74, 6) is 0. The van der Waals surface area contributed by atoms with E-state index in [2.05, 4.69) is 61.5 Å². The Bertz CT molecular complexity index is 476. The van der Waals surface area contributed by atoms with E-state index in [-0.39, 0.29) is 6.04 Å². The summed E-state index contributed by atoms with van der Waals surface area (Å²) in [4.78, 5) is 0. The van der Waals surface area contributed by atoms with Crippen LogP contribution in [0.3, 0.4) is 0 Å². The van der Waals surface area contributed by atoms with Crippen LogP contribution < -0.4 is 5.73 Å². The molecule has 2 aromatic carbocycles. The predicted octanol–water partition coefficient (Wildman–Crippen LogP) is 3.88. The van der Waals surface area contributed by atoms with Crippen LogP contribution >= 0.6 is 0 Å². The Morgan fingerprint density at radius 2 is 1.61 bits per heavy atom. The van der Waals surface area contributed by atoms with Gasteiger partial charge in [-0.05, 0) is 36.0 Å². The molecule has 0 radical (unpaired) electrons. The highest BCUT2D eigenvalue weighted by Crippen LogP contribution is 2.21. The van der Waals surface area contributed by atoms with Gasteiger partial charge in [-0.15, -0.1) is 0 Å². The van der Waals surface area contributed by atoms with Gasteiger partial charge in [-0.25, -0.2) is 0 Å². The van der Waals surface area contributed by atoms with E-state index in [0.717, 1.165) is 19.3 Å². The topological polar surface area (TPSA) is 26.0 Å². The van der Waals surface area contributed by atoms with Gasteiger partial charge in [0.2, 0.25) is 0 Å². The molecule has 0 fully saturated rings. The van der Waals surface area contributed by atoms with Crippen molar-refractivity contribution in [3.8, 4) is 0 Å². The Kier molecular flexibility index (Phi) is 4.54. The molecule has 0 heterocycles. The van der Waals surface area contributed by atoms with Crippen molar-refractivity contribution in [1.29, 1.82) is 0 Å². The summed E-state index contributed by atoms with van der Waals surface area (Å²) in [6.45, 7) is 2.18. The number of aryl methyl sites for hydroxylation is 2. The predicted molar refractivity (Wildman–Crippen MR) is 77.5 cm³/mol. The van der Waals surface area contributed by atoms with Crippen LogP contribution in [0.5, 0.6) is 0 Å². The molecule has 2 rings (SSSR count). The highest BCUT2D eigenvalue weighted by atomic mass is 14.6. The highest BCUT2D eigenvalue weighted by Gasteiger charge is 2.09. The maximum atomic E-state index is 6.32. The van der Waals surface area contributed by atoms with Gasteiger partial charge >= 0.3 is 0 Å². The lowest BCUT2D eigenvalue weighted by atomic mass is 9.95. The molecule has 0 aliphatic heterocycles. The first-order chi connectivity index (χ1) is 8.81. The Morgan fingerprint density at radius 1 is 0.944 bits per heavy atom. The maximum Gasteiger partial charge on any atom is 0.0300 e. The summed E-state index contributed by atoms with van der Waals surface area (Å²) in [7, 11) is 0. The molecular weight excluding hydrogens is 218 g/mol. The van der Waals surface area contributed by atoms with Crippen LogP contribution in [-0.4, -0.2) is 0 Å². The average molecular weight is 239 g/mol. The first-order valence-corrected chi connectivity index (χ1v) is 6.68. The third-order valence-corrected chi connectivity index (χ3v) is 3.42. The Hall–Kier alpha value is -1.60. The fraction of sp³-hybridized carbons (Fsp3) is 0.294.